The van der Waals surface area contributed by atoms with Crippen LogP contribution in [-0.2, 0) is 6.54 Å². The number of aryl methyl sites for hydroxylation is 2. The standard InChI is InChI=1S/C15H18ClN3OS/c1-9-5-6-11(7-12(9)16)18-15(20)14-10(2)17-13(21-14)8-19(3)4/h5-7H,8H2,1-4H3,(H,18,20). The first-order valence-corrected chi connectivity index (χ1v) is 7.75. The molecule has 1 amide bonds. The van der Waals surface area contributed by atoms with Crippen molar-refractivity contribution in [3.8, 4) is 0 Å². The van der Waals surface area contributed by atoms with Crippen LogP contribution in [0.15, 0.2) is 18.2 Å². The van der Waals surface area contributed by atoms with Gasteiger partial charge in [0, 0.05) is 17.3 Å². The molecule has 1 N–H and O–H groups in total. The lowest BCUT2D eigenvalue weighted by molar-refractivity contribution is 0.103. The third-order valence-corrected chi connectivity index (χ3v) is 4.48. The van der Waals surface area contributed by atoms with E-state index in [1.165, 1.54) is 11.3 Å². The molecule has 1 aromatic carbocycles. The molecule has 0 aliphatic carbocycles. The third kappa shape index (κ3) is 4.03. The Kier molecular flexibility index (Phi) is 4.98. The Morgan fingerprint density at radius 3 is 2.71 bits per heavy atom. The second kappa shape index (κ2) is 6.56. The van der Waals surface area contributed by atoms with Crippen molar-refractivity contribution in [3.63, 3.8) is 0 Å². The minimum atomic E-state index is -0.144. The largest absolute Gasteiger partial charge is 0.321 e. The number of aromatic nitrogens is 1. The zero-order valence-electron chi connectivity index (χ0n) is 12.5. The van der Waals surface area contributed by atoms with Crippen LogP contribution in [0.1, 0.15) is 25.9 Å². The highest BCUT2D eigenvalue weighted by atomic mass is 35.5. The molecule has 2 aromatic rings. The molecule has 0 aliphatic rings. The molecular weight excluding hydrogens is 306 g/mol. The van der Waals surface area contributed by atoms with Gasteiger partial charge in [-0.05, 0) is 45.6 Å². The zero-order valence-corrected chi connectivity index (χ0v) is 14.1. The fraction of sp³-hybridized carbons (Fsp3) is 0.333. The van der Waals surface area contributed by atoms with E-state index in [1.807, 2.05) is 45.0 Å². The monoisotopic (exact) mass is 323 g/mol. The highest BCUT2D eigenvalue weighted by molar-refractivity contribution is 7.13. The van der Waals surface area contributed by atoms with Gasteiger partial charge in [-0.2, -0.15) is 0 Å². The van der Waals surface area contributed by atoms with E-state index in [9.17, 15) is 4.79 Å². The molecule has 0 fully saturated rings. The lowest BCUT2D eigenvalue weighted by Gasteiger charge is -2.06. The van der Waals surface area contributed by atoms with Crippen LogP contribution in [0.3, 0.4) is 0 Å². The lowest BCUT2D eigenvalue weighted by Crippen LogP contribution is -2.11. The quantitative estimate of drug-likeness (QED) is 0.932. The topological polar surface area (TPSA) is 45.2 Å². The van der Waals surface area contributed by atoms with Crippen LogP contribution in [0.2, 0.25) is 5.02 Å². The molecule has 0 bridgehead atoms. The number of carbonyl (C=O) groups is 1. The Balaban J connectivity index is 2.16. The summed E-state index contributed by atoms with van der Waals surface area (Å²) >= 11 is 7.49. The summed E-state index contributed by atoms with van der Waals surface area (Å²) in [5, 5.41) is 4.44. The molecule has 0 radical (unpaired) electrons. The molecule has 1 heterocycles. The maximum Gasteiger partial charge on any atom is 0.267 e. The van der Waals surface area contributed by atoms with Gasteiger partial charge in [-0.25, -0.2) is 4.98 Å². The number of carbonyl (C=O) groups excluding carboxylic acids is 1. The Hall–Kier alpha value is -1.43. The number of benzene rings is 1. The number of hydrogen-bond acceptors (Lipinski definition) is 4. The van der Waals surface area contributed by atoms with Gasteiger partial charge >= 0.3 is 0 Å². The minimum absolute atomic E-state index is 0.144. The molecule has 6 heteroatoms. The molecule has 2 rings (SSSR count). The van der Waals surface area contributed by atoms with Gasteiger partial charge in [-0.15, -0.1) is 11.3 Å². The molecule has 0 spiro atoms. The molecule has 0 unspecified atom stereocenters. The summed E-state index contributed by atoms with van der Waals surface area (Å²) in [6, 6.07) is 5.48. The number of nitrogens with zero attached hydrogens (tertiary/aromatic N) is 2. The van der Waals surface area contributed by atoms with Crippen molar-refractivity contribution < 1.29 is 4.79 Å². The van der Waals surface area contributed by atoms with Crippen LogP contribution in [-0.4, -0.2) is 29.9 Å². The van der Waals surface area contributed by atoms with E-state index in [0.29, 0.717) is 15.6 Å². The highest BCUT2D eigenvalue weighted by Gasteiger charge is 2.16. The van der Waals surface area contributed by atoms with E-state index in [2.05, 4.69) is 10.3 Å². The summed E-state index contributed by atoms with van der Waals surface area (Å²) in [6.07, 6.45) is 0. The molecule has 21 heavy (non-hydrogen) atoms. The maximum absolute atomic E-state index is 12.3. The summed E-state index contributed by atoms with van der Waals surface area (Å²) < 4.78 is 0. The van der Waals surface area contributed by atoms with Gasteiger partial charge in [0.15, 0.2) is 0 Å². The van der Waals surface area contributed by atoms with Crippen molar-refractivity contribution in [2.24, 2.45) is 0 Å². The van der Waals surface area contributed by atoms with Crippen molar-refractivity contribution in [1.29, 1.82) is 0 Å². The molecule has 0 saturated heterocycles. The first-order chi connectivity index (χ1) is 9.86. The number of thiazole rings is 1. The van der Waals surface area contributed by atoms with Gasteiger partial charge in [0.05, 0.1) is 5.69 Å². The van der Waals surface area contributed by atoms with Crippen molar-refractivity contribution in [3.05, 3.63) is 44.4 Å². The number of amides is 1. The molecule has 0 saturated carbocycles. The molecule has 1 aromatic heterocycles. The average molecular weight is 324 g/mol. The predicted molar refractivity (Wildman–Crippen MR) is 88.4 cm³/mol. The first-order valence-electron chi connectivity index (χ1n) is 6.55. The van der Waals surface area contributed by atoms with Crippen LogP contribution in [0.5, 0.6) is 0 Å². The van der Waals surface area contributed by atoms with E-state index in [1.54, 1.807) is 6.07 Å². The minimum Gasteiger partial charge on any atom is -0.321 e. The summed E-state index contributed by atoms with van der Waals surface area (Å²) in [4.78, 5) is 19.4. The first kappa shape index (κ1) is 15.9. The van der Waals surface area contributed by atoms with Gasteiger partial charge in [0.2, 0.25) is 0 Å². The average Bonchev–Trinajstić information content (AvgIpc) is 2.74. The summed E-state index contributed by atoms with van der Waals surface area (Å²) in [7, 11) is 3.95. The van der Waals surface area contributed by atoms with Crippen molar-refractivity contribution in [2.75, 3.05) is 19.4 Å². The molecular formula is C15H18ClN3OS. The van der Waals surface area contributed by atoms with Gasteiger partial charge in [0.1, 0.15) is 9.88 Å². The molecule has 4 nitrogen and oxygen atoms in total. The van der Waals surface area contributed by atoms with Gasteiger partial charge in [-0.3, -0.25) is 4.79 Å². The van der Waals surface area contributed by atoms with E-state index < -0.39 is 0 Å². The van der Waals surface area contributed by atoms with Gasteiger partial charge < -0.3 is 10.2 Å². The Labute approximate surface area is 133 Å². The number of nitrogens with one attached hydrogen (secondary N) is 1. The Bertz CT molecular complexity index is 667. The Morgan fingerprint density at radius 2 is 2.10 bits per heavy atom. The van der Waals surface area contributed by atoms with Crippen molar-refractivity contribution in [2.45, 2.75) is 20.4 Å². The molecule has 112 valence electrons. The number of rotatable bonds is 4. The maximum atomic E-state index is 12.3. The number of halogens is 1. The third-order valence-electron chi connectivity index (χ3n) is 2.93. The summed E-state index contributed by atoms with van der Waals surface area (Å²) in [5.41, 5.74) is 2.43. The number of hydrogen-bond donors (Lipinski definition) is 1. The highest BCUT2D eigenvalue weighted by Crippen LogP contribution is 2.23. The summed E-state index contributed by atoms with van der Waals surface area (Å²) in [6.45, 7) is 4.51. The van der Waals surface area contributed by atoms with Crippen LogP contribution in [0.4, 0.5) is 5.69 Å². The lowest BCUT2D eigenvalue weighted by atomic mass is 10.2. The van der Waals surface area contributed by atoms with E-state index in [-0.39, 0.29) is 5.91 Å². The summed E-state index contributed by atoms with van der Waals surface area (Å²) in [5.74, 6) is -0.144. The fourth-order valence-corrected chi connectivity index (χ4v) is 3.12. The van der Waals surface area contributed by atoms with Crippen molar-refractivity contribution >= 4 is 34.5 Å². The van der Waals surface area contributed by atoms with Crippen LogP contribution < -0.4 is 5.32 Å². The van der Waals surface area contributed by atoms with Crippen LogP contribution >= 0.6 is 22.9 Å². The second-order valence-electron chi connectivity index (χ2n) is 5.18. The fourth-order valence-electron chi connectivity index (χ4n) is 1.86. The van der Waals surface area contributed by atoms with Gasteiger partial charge in [0.25, 0.3) is 5.91 Å². The van der Waals surface area contributed by atoms with E-state index in [4.69, 9.17) is 11.6 Å². The van der Waals surface area contributed by atoms with Gasteiger partial charge in [-0.1, -0.05) is 17.7 Å². The molecule has 0 aliphatic heterocycles. The second-order valence-corrected chi connectivity index (χ2v) is 6.67. The van der Waals surface area contributed by atoms with Crippen LogP contribution in [0, 0.1) is 13.8 Å². The smallest absolute Gasteiger partial charge is 0.267 e. The van der Waals surface area contributed by atoms with Crippen LogP contribution in [0.25, 0.3) is 0 Å². The van der Waals surface area contributed by atoms with E-state index >= 15 is 0 Å². The van der Waals surface area contributed by atoms with Crippen molar-refractivity contribution in [1.82, 2.24) is 9.88 Å². The predicted octanol–water partition coefficient (Wildman–Crippen LogP) is 3.73. The Morgan fingerprint density at radius 1 is 1.38 bits per heavy atom. The van der Waals surface area contributed by atoms with E-state index in [0.717, 1.165) is 22.8 Å². The SMILES string of the molecule is Cc1ccc(NC(=O)c2sc(CN(C)C)nc2C)cc1Cl. The zero-order chi connectivity index (χ0) is 15.6. The number of anilines is 1. The normalized spacial score (nSPS) is 11.0. The molecule has 0 atom stereocenters.